The predicted molar refractivity (Wildman–Crippen MR) is 191 cm³/mol. The maximum absolute atomic E-state index is 6.51. The van der Waals surface area contributed by atoms with Gasteiger partial charge in [-0.3, -0.25) is 0 Å². The monoisotopic (exact) mass is 600 g/mol. The highest BCUT2D eigenvalue weighted by atomic mass is 16.7. The Balaban J connectivity index is 2.09. The van der Waals surface area contributed by atoms with Gasteiger partial charge in [0.1, 0.15) is 0 Å². The van der Waals surface area contributed by atoms with Crippen LogP contribution < -0.4 is 5.73 Å². The molecule has 2 atom stereocenters. The minimum atomic E-state index is -0.342. The zero-order chi connectivity index (χ0) is 30.9. The van der Waals surface area contributed by atoms with E-state index in [-0.39, 0.29) is 11.9 Å². The molecule has 3 heteroatoms. The second-order valence-electron chi connectivity index (χ2n) is 12.9. The molecule has 0 aromatic carbocycles. The van der Waals surface area contributed by atoms with Crippen molar-refractivity contribution in [2.45, 2.75) is 193 Å². The van der Waals surface area contributed by atoms with E-state index in [4.69, 9.17) is 15.2 Å². The van der Waals surface area contributed by atoms with E-state index in [1.54, 1.807) is 0 Å². The van der Waals surface area contributed by atoms with Crippen molar-refractivity contribution in [2.75, 3.05) is 13.2 Å². The Hall–Kier alpha value is -1.16. The number of hydrogen-bond donors (Lipinski definition) is 1. The van der Waals surface area contributed by atoms with Gasteiger partial charge in [0.05, 0.1) is 12.7 Å². The van der Waals surface area contributed by atoms with Crippen molar-refractivity contribution in [3.8, 4) is 0 Å². The first-order valence-electron chi connectivity index (χ1n) is 18.9. The third kappa shape index (κ3) is 24.8. The van der Waals surface area contributed by atoms with Crippen molar-refractivity contribution in [3.63, 3.8) is 0 Å². The average Bonchev–Trinajstić information content (AvgIpc) is 3.41. The molecule has 0 aliphatic carbocycles. The molecular formula is C40H73NO2. The normalized spacial score (nSPS) is 19.4. The van der Waals surface area contributed by atoms with E-state index in [2.05, 4.69) is 62.5 Å². The van der Waals surface area contributed by atoms with Crippen LogP contribution in [0.2, 0.25) is 0 Å². The van der Waals surface area contributed by atoms with Crippen LogP contribution in [-0.2, 0) is 9.47 Å². The molecule has 0 radical (unpaired) electrons. The summed E-state index contributed by atoms with van der Waals surface area (Å²) in [4.78, 5) is 0. The number of unbranched alkanes of at least 4 members (excludes halogenated alkanes) is 17. The lowest BCUT2D eigenvalue weighted by atomic mass is 9.98. The quantitative estimate of drug-likeness (QED) is 0.0636. The van der Waals surface area contributed by atoms with Gasteiger partial charge in [0.15, 0.2) is 5.79 Å². The van der Waals surface area contributed by atoms with Crippen LogP contribution in [0, 0.1) is 0 Å². The van der Waals surface area contributed by atoms with Gasteiger partial charge in [0.25, 0.3) is 0 Å². The lowest BCUT2D eigenvalue weighted by molar-refractivity contribution is -0.179. The van der Waals surface area contributed by atoms with Gasteiger partial charge in [0.2, 0.25) is 0 Å². The fourth-order valence-corrected chi connectivity index (χ4v) is 5.91. The van der Waals surface area contributed by atoms with E-state index in [0.717, 1.165) is 38.7 Å². The Kier molecular flexibility index (Phi) is 28.6. The highest BCUT2D eigenvalue weighted by Gasteiger charge is 2.40. The maximum atomic E-state index is 6.51. The van der Waals surface area contributed by atoms with E-state index in [9.17, 15) is 0 Å². The molecule has 1 aliphatic rings. The molecule has 0 saturated carbocycles. The first-order valence-corrected chi connectivity index (χ1v) is 18.9. The largest absolute Gasteiger partial charge is 0.347 e. The number of rotatable bonds is 31. The second-order valence-corrected chi connectivity index (χ2v) is 12.9. The second kappa shape index (κ2) is 30.8. The first kappa shape index (κ1) is 39.9. The van der Waals surface area contributed by atoms with Gasteiger partial charge in [-0.2, -0.15) is 0 Å². The highest BCUT2D eigenvalue weighted by Crippen LogP contribution is 2.35. The lowest BCUT2D eigenvalue weighted by Gasteiger charge is -2.28. The van der Waals surface area contributed by atoms with Gasteiger partial charge in [-0.1, -0.05) is 140 Å². The zero-order valence-corrected chi connectivity index (χ0v) is 28.9. The number of nitrogens with two attached hydrogens (primary N) is 1. The maximum Gasteiger partial charge on any atom is 0.168 e. The Labute approximate surface area is 269 Å². The number of ether oxygens (including phenoxy) is 2. The summed E-state index contributed by atoms with van der Waals surface area (Å²) < 4.78 is 12.9. The highest BCUT2D eigenvalue weighted by molar-refractivity contribution is 4.93. The summed E-state index contributed by atoms with van der Waals surface area (Å²) in [5.74, 6) is -0.342. The molecule has 0 bridgehead atoms. The summed E-state index contributed by atoms with van der Waals surface area (Å²) in [5.41, 5.74) is 5.82. The van der Waals surface area contributed by atoms with E-state index < -0.39 is 0 Å². The van der Waals surface area contributed by atoms with Gasteiger partial charge in [-0.05, 0) is 83.6 Å². The van der Waals surface area contributed by atoms with Crippen molar-refractivity contribution >= 4 is 0 Å². The average molecular weight is 600 g/mol. The predicted octanol–water partition coefficient (Wildman–Crippen LogP) is 12.5. The minimum Gasteiger partial charge on any atom is -0.347 e. The molecule has 1 fully saturated rings. The topological polar surface area (TPSA) is 44.5 Å². The van der Waals surface area contributed by atoms with Gasteiger partial charge < -0.3 is 15.2 Å². The van der Waals surface area contributed by atoms with Crippen LogP contribution in [-0.4, -0.2) is 25.0 Å². The summed E-state index contributed by atoms with van der Waals surface area (Å²) in [7, 11) is 0. The summed E-state index contributed by atoms with van der Waals surface area (Å²) in [5, 5.41) is 0. The standard InChI is InChI=1S/C40H73NO2/c1-3-5-7-9-11-13-15-17-19-21-23-25-27-29-31-33-36-40(42-38-39(43-40)34-37-41)35-32-30-28-26-24-22-20-18-16-14-12-10-8-6-4-2/h10-13,16-19,39H,3-9,14-15,20-38,41H2,1-2H3/b12-10-,13-11-,18-16-,19-17-. The molecule has 43 heavy (non-hydrogen) atoms. The van der Waals surface area contributed by atoms with Crippen molar-refractivity contribution < 1.29 is 9.47 Å². The molecule has 2 N–H and O–H groups in total. The SMILES string of the molecule is CCCC/C=C\C/C=C\CCCCCCCCC1(CCCCCCCC/C=C\C/C=C\CCCCC)OCC(CCN)O1. The minimum absolute atomic E-state index is 0.189. The third-order valence-electron chi connectivity index (χ3n) is 8.67. The Bertz CT molecular complexity index is 697. The summed E-state index contributed by atoms with van der Waals surface area (Å²) in [6.45, 7) is 5.92. The molecule has 1 aliphatic heterocycles. The van der Waals surface area contributed by atoms with E-state index in [0.29, 0.717) is 6.54 Å². The van der Waals surface area contributed by atoms with Crippen LogP contribution in [0.1, 0.15) is 181 Å². The fraction of sp³-hybridized carbons (Fsp3) is 0.800. The van der Waals surface area contributed by atoms with Gasteiger partial charge >= 0.3 is 0 Å². The number of allylic oxidation sites excluding steroid dienone is 8. The summed E-state index contributed by atoms with van der Waals surface area (Å²) in [6, 6.07) is 0. The summed E-state index contributed by atoms with van der Waals surface area (Å²) in [6.07, 6.45) is 51.3. The Morgan fingerprint density at radius 1 is 0.535 bits per heavy atom. The van der Waals surface area contributed by atoms with Crippen molar-refractivity contribution in [1.82, 2.24) is 0 Å². The molecule has 250 valence electrons. The van der Waals surface area contributed by atoms with E-state index >= 15 is 0 Å². The smallest absolute Gasteiger partial charge is 0.168 e. The Morgan fingerprint density at radius 2 is 0.953 bits per heavy atom. The summed E-state index contributed by atoms with van der Waals surface area (Å²) >= 11 is 0. The first-order chi connectivity index (χ1) is 21.3. The molecule has 0 aromatic rings. The fourth-order valence-electron chi connectivity index (χ4n) is 5.91. The van der Waals surface area contributed by atoms with Gasteiger partial charge in [0, 0.05) is 12.8 Å². The van der Waals surface area contributed by atoms with Crippen molar-refractivity contribution in [2.24, 2.45) is 5.73 Å². The third-order valence-corrected chi connectivity index (χ3v) is 8.67. The van der Waals surface area contributed by atoms with Crippen LogP contribution >= 0.6 is 0 Å². The van der Waals surface area contributed by atoms with Crippen LogP contribution in [0.15, 0.2) is 48.6 Å². The van der Waals surface area contributed by atoms with Crippen LogP contribution in [0.25, 0.3) is 0 Å². The van der Waals surface area contributed by atoms with E-state index in [1.807, 2.05) is 0 Å². The molecular weight excluding hydrogens is 526 g/mol. The number of hydrogen-bond acceptors (Lipinski definition) is 3. The van der Waals surface area contributed by atoms with E-state index in [1.165, 1.54) is 135 Å². The lowest BCUT2D eigenvalue weighted by Crippen LogP contribution is -2.31. The van der Waals surface area contributed by atoms with Crippen LogP contribution in [0.4, 0.5) is 0 Å². The van der Waals surface area contributed by atoms with Gasteiger partial charge in [-0.25, -0.2) is 0 Å². The van der Waals surface area contributed by atoms with Crippen LogP contribution in [0.5, 0.6) is 0 Å². The zero-order valence-electron chi connectivity index (χ0n) is 28.9. The molecule has 3 nitrogen and oxygen atoms in total. The molecule has 1 heterocycles. The molecule has 0 amide bonds. The van der Waals surface area contributed by atoms with Crippen LogP contribution in [0.3, 0.4) is 0 Å². The molecule has 0 aromatic heterocycles. The molecule has 2 unspecified atom stereocenters. The molecule has 1 rings (SSSR count). The van der Waals surface area contributed by atoms with Crippen molar-refractivity contribution in [3.05, 3.63) is 48.6 Å². The van der Waals surface area contributed by atoms with Crippen molar-refractivity contribution in [1.29, 1.82) is 0 Å². The molecule has 0 spiro atoms. The molecule has 1 saturated heterocycles. The van der Waals surface area contributed by atoms with Gasteiger partial charge in [-0.15, -0.1) is 0 Å². The Morgan fingerprint density at radius 3 is 1.42 bits per heavy atom.